The first-order valence-electron chi connectivity index (χ1n) is 2.72. The maximum atomic E-state index is 3.56. The molecule has 0 unspecified atom stereocenters. The van der Waals surface area contributed by atoms with Gasteiger partial charge in [0.25, 0.3) is 0 Å². The van der Waals surface area contributed by atoms with Crippen molar-refractivity contribution >= 4 is 10.4 Å². The SMILES string of the molecule is CC[N+](C)([Si])CC. The minimum absolute atomic E-state index is 0.944. The van der Waals surface area contributed by atoms with Crippen molar-refractivity contribution in [2.45, 2.75) is 13.8 Å². The van der Waals surface area contributed by atoms with Crippen LogP contribution in [-0.2, 0) is 0 Å². The molecule has 0 rings (SSSR count). The zero-order chi connectivity index (χ0) is 5.91. The maximum absolute atomic E-state index is 3.56. The fourth-order valence-electron chi connectivity index (χ4n) is 0.224. The molecule has 0 heterocycles. The molecule has 1 nitrogen and oxygen atoms in total. The number of rotatable bonds is 2. The summed E-state index contributed by atoms with van der Waals surface area (Å²) in [5, 5.41) is 0. The molecule has 41 valence electrons. The van der Waals surface area contributed by atoms with Crippen molar-refractivity contribution < 1.29 is 4.15 Å². The first-order chi connectivity index (χ1) is 3.12. The van der Waals surface area contributed by atoms with Gasteiger partial charge in [-0.25, -0.2) is 0 Å². The lowest BCUT2D eigenvalue weighted by molar-refractivity contribution is -0.791. The van der Waals surface area contributed by atoms with Crippen LogP contribution >= 0.6 is 0 Å². The lowest BCUT2D eigenvalue weighted by Crippen LogP contribution is -2.40. The van der Waals surface area contributed by atoms with E-state index in [-0.39, 0.29) is 0 Å². The molecule has 0 spiro atoms. The molecule has 0 aromatic rings. The molecule has 0 aromatic heterocycles. The molecule has 0 bridgehead atoms. The summed E-state index contributed by atoms with van der Waals surface area (Å²) >= 11 is 0. The zero-order valence-corrected chi connectivity index (χ0v) is 6.36. The highest BCUT2D eigenvalue weighted by atomic mass is 28.2. The first kappa shape index (κ1) is 7.18. The van der Waals surface area contributed by atoms with Gasteiger partial charge in [0, 0.05) is 0 Å². The molecule has 0 saturated carbocycles. The molecule has 0 amide bonds. The van der Waals surface area contributed by atoms with Crippen molar-refractivity contribution in [3.8, 4) is 0 Å². The molecule has 7 heavy (non-hydrogen) atoms. The van der Waals surface area contributed by atoms with Gasteiger partial charge in [-0.2, -0.15) is 0 Å². The van der Waals surface area contributed by atoms with Crippen molar-refractivity contribution in [3.05, 3.63) is 0 Å². The van der Waals surface area contributed by atoms with E-state index in [2.05, 4.69) is 31.3 Å². The highest BCUT2D eigenvalue weighted by Gasteiger charge is 2.06. The number of hydrogen-bond acceptors (Lipinski definition) is 0. The third-order valence-corrected chi connectivity index (χ3v) is 2.03. The van der Waals surface area contributed by atoms with Crippen molar-refractivity contribution in [1.82, 2.24) is 0 Å². The largest absolute Gasteiger partial charge is 0.449 e. The van der Waals surface area contributed by atoms with E-state index in [0.29, 0.717) is 0 Å². The molecule has 3 radical (unpaired) electrons. The third-order valence-electron chi connectivity index (χ3n) is 1.40. The minimum atomic E-state index is 0.944. The van der Waals surface area contributed by atoms with Crippen LogP contribution in [0.2, 0.25) is 0 Å². The average molecular weight is 115 g/mol. The first-order valence-corrected chi connectivity index (χ1v) is 3.16. The monoisotopic (exact) mass is 115 g/mol. The predicted molar refractivity (Wildman–Crippen MR) is 33.0 cm³/mol. The Bertz CT molecular complexity index is 46.0. The maximum Gasteiger partial charge on any atom is 0.449 e. The Labute approximate surface area is 49.4 Å². The van der Waals surface area contributed by atoms with E-state index in [4.69, 9.17) is 0 Å². The van der Waals surface area contributed by atoms with Gasteiger partial charge >= 0.3 is 10.4 Å². The Morgan fingerprint density at radius 3 is 1.57 bits per heavy atom. The fourth-order valence-corrected chi connectivity index (χ4v) is 0.224. The van der Waals surface area contributed by atoms with Crippen LogP contribution in [0.3, 0.4) is 0 Å². The highest BCUT2D eigenvalue weighted by Crippen LogP contribution is 1.89. The Hall–Kier alpha value is 0.177. The van der Waals surface area contributed by atoms with Crippen LogP contribution in [-0.4, -0.2) is 34.7 Å². The van der Waals surface area contributed by atoms with Crippen LogP contribution in [0, 0.1) is 0 Å². The van der Waals surface area contributed by atoms with Gasteiger partial charge in [0.15, 0.2) is 0 Å². The van der Waals surface area contributed by atoms with Gasteiger partial charge in [0.2, 0.25) is 0 Å². The van der Waals surface area contributed by atoms with E-state index in [9.17, 15) is 0 Å². The van der Waals surface area contributed by atoms with Gasteiger partial charge in [-0.15, -0.1) is 0 Å². The molecular weight excluding hydrogens is 102 g/mol. The summed E-state index contributed by atoms with van der Waals surface area (Å²) in [5.41, 5.74) is 0. The molecular formula is C5H13NSi+. The van der Waals surface area contributed by atoms with Gasteiger partial charge in [-0.05, 0) is 13.8 Å². The topological polar surface area (TPSA) is 0 Å². The normalized spacial score (nSPS) is 12.0. The average Bonchev–Trinajstić information content (AvgIpc) is 1.68. The van der Waals surface area contributed by atoms with Crippen molar-refractivity contribution in [2.24, 2.45) is 0 Å². The summed E-state index contributed by atoms with van der Waals surface area (Å²) in [6, 6.07) is 0. The van der Waals surface area contributed by atoms with E-state index in [0.717, 1.165) is 17.2 Å². The summed E-state index contributed by atoms with van der Waals surface area (Å²) in [4.78, 5) is 0. The zero-order valence-electron chi connectivity index (χ0n) is 5.36. The predicted octanol–water partition coefficient (Wildman–Crippen LogP) is 0.556. The minimum Gasteiger partial charge on any atom is -0.381 e. The van der Waals surface area contributed by atoms with Gasteiger partial charge < -0.3 is 4.15 Å². The van der Waals surface area contributed by atoms with Crippen LogP contribution in [0.25, 0.3) is 0 Å². The van der Waals surface area contributed by atoms with Gasteiger partial charge in [-0.3, -0.25) is 0 Å². The lowest BCUT2D eigenvalue weighted by atomic mass is 10.6. The second-order valence-electron chi connectivity index (χ2n) is 2.03. The summed E-state index contributed by atoms with van der Waals surface area (Å²) in [6.45, 7) is 6.62. The second kappa shape index (κ2) is 2.48. The molecule has 0 aromatic carbocycles. The molecule has 0 aliphatic carbocycles. The molecule has 0 N–H and O–H groups in total. The molecule has 0 saturated heterocycles. The lowest BCUT2D eigenvalue weighted by Gasteiger charge is -2.25. The fraction of sp³-hybridized carbons (Fsp3) is 1.00. The Balaban J connectivity index is 3.36. The number of nitrogens with zero attached hydrogens (tertiary/aromatic N) is 1. The van der Waals surface area contributed by atoms with Crippen molar-refractivity contribution in [2.75, 3.05) is 20.1 Å². The third kappa shape index (κ3) is 2.82. The molecule has 0 aliphatic rings. The van der Waals surface area contributed by atoms with Crippen LogP contribution in [0.5, 0.6) is 0 Å². The van der Waals surface area contributed by atoms with E-state index >= 15 is 0 Å². The van der Waals surface area contributed by atoms with E-state index in [1.807, 2.05) is 0 Å². The molecule has 2 heteroatoms. The summed E-state index contributed by atoms with van der Waals surface area (Å²) in [6.07, 6.45) is 0. The van der Waals surface area contributed by atoms with E-state index < -0.39 is 0 Å². The van der Waals surface area contributed by atoms with E-state index in [1.54, 1.807) is 0 Å². The van der Waals surface area contributed by atoms with Crippen LogP contribution in [0.1, 0.15) is 13.8 Å². The number of quaternary nitrogens is 1. The quantitative estimate of drug-likeness (QED) is 0.461. The Kier molecular flexibility index (Phi) is 2.54. The second-order valence-corrected chi connectivity index (χ2v) is 3.11. The summed E-state index contributed by atoms with van der Waals surface area (Å²) in [7, 11) is 5.71. The van der Waals surface area contributed by atoms with Crippen molar-refractivity contribution in [1.29, 1.82) is 0 Å². The van der Waals surface area contributed by atoms with Gasteiger partial charge in [-0.1, -0.05) is 0 Å². The summed E-state index contributed by atoms with van der Waals surface area (Å²) < 4.78 is 0.944. The van der Waals surface area contributed by atoms with Crippen LogP contribution in [0.4, 0.5) is 0 Å². The van der Waals surface area contributed by atoms with Crippen LogP contribution < -0.4 is 0 Å². The molecule has 0 atom stereocenters. The van der Waals surface area contributed by atoms with E-state index in [1.165, 1.54) is 0 Å². The molecule has 0 aliphatic heterocycles. The Morgan fingerprint density at radius 2 is 1.57 bits per heavy atom. The smallest absolute Gasteiger partial charge is 0.381 e. The van der Waals surface area contributed by atoms with Gasteiger partial charge in [0.05, 0.1) is 20.1 Å². The highest BCUT2D eigenvalue weighted by molar-refractivity contribution is 5.97. The molecule has 0 fully saturated rings. The number of hydrogen-bond donors (Lipinski definition) is 0. The summed E-state index contributed by atoms with van der Waals surface area (Å²) in [5.74, 6) is 0. The Morgan fingerprint density at radius 1 is 1.29 bits per heavy atom. The van der Waals surface area contributed by atoms with Gasteiger partial charge in [0.1, 0.15) is 0 Å². The van der Waals surface area contributed by atoms with Crippen LogP contribution in [0.15, 0.2) is 0 Å². The van der Waals surface area contributed by atoms with Crippen molar-refractivity contribution in [3.63, 3.8) is 0 Å². The standard InChI is InChI=1S/C5H13NSi/c1-4-6(3,7)5-2/h4-5H2,1-3H3/q+1.